The summed E-state index contributed by atoms with van der Waals surface area (Å²) in [4.78, 5) is 19.1. The van der Waals surface area contributed by atoms with Crippen LogP contribution in [0.5, 0.6) is 0 Å². The molecule has 0 spiro atoms. The van der Waals surface area contributed by atoms with Gasteiger partial charge in [0.1, 0.15) is 0 Å². The number of carbonyl (C=O) groups excluding carboxylic acids is 1. The maximum Gasteiger partial charge on any atom is 0.224 e. The minimum absolute atomic E-state index is 0.221. The smallest absolute Gasteiger partial charge is 0.224 e. The Morgan fingerprint density at radius 3 is 2.54 bits per heavy atom. The van der Waals surface area contributed by atoms with E-state index in [9.17, 15) is 4.79 Å². The van der Waals surface area contributed by atoms with Gasteiger partial charge in [-0.15, -0.1) is 0 Å². The number of likely N-dealkylation sites (tertiary alicyclic amines) is 1. The van der Waals surface area contributed by atoms with Gasteiger partial charge in [-0.2, -0.15) is 0 Å². The summed E-state index contributed by atoms with van der Waals surface area (Å²) in [6.07, 6.45) is 5.50. The molecular formula is C20H28Cl2N4OS. The minimum Gasteiger partial charge on any atom is -0.347 e. The Labute approximate surface area is 182 Å². The van der Waals surface area contributed by atoms with Gasteiger partial charge < -0.3 is 20.0 Å². The average Bonchev–Trinajstić information content (AvgIpc) is 2.88. The van der Waals surface area contributed by atoms with Gasteiger partial charge in [0, 0.05) is 38.3 Å². The number of carbonyl (C=O) groups is 1. The zero-order valence-electron chi connectivity index (χ0n) is 16.1. The number of amides is 1. The first-order chi connectivity index (χ1) is 13.5. The van der Waals surface area contributed by atoms with Gasteiger partial charge in [-0.3, -0.25) is 4.79 Å². The average molecular weight is 443 g/mol. The molecule has 154 valence electrons. The summed E-state index contributed by atoms with van der Waals surface area (Å²) >= 11 is 17.6. The van der Waals surface area contributed by atoms with Crippen LogP contribution in [0.25, 0.3) is 0 Å². The van der Waals surface area contributed by atoms with Crippen LogP contribution in [0, 0.1) is 0 Å². The lowest BCUT2D eigenvalue weighted by Gasteiger charge is -2.28. The third-order valence-electron chi connectivity index (χ3n) is 5.40. The van der Waals surface area contributed by atoms with Crippen molar-refractivity contribution in [1.82, 2.24) is 14.7 Å². The maximum atomic E-state index is 12.5. The van der Waals surface area contributed by atoms with Crippen LogP contribution in [-0.2, 0) is 4.79 Å². The minimum atomic E-state index is 0.221. The van der Waals surface area contributed by atoms with Gasteiger partial charge in [0.25, 0.3) is 0 Å². The van der Waals surface area contributed by atoms with Crippen LogP contribution < -0.4 is 5.32 Å². The van der Waals surface area contributed by atoms with Gasteiger partial charge in [0.15, 0.2) is 5.11 Å². The summed E-state index contributed by atoms with van der Waals surface area (Å²) in [6.45, 7) is 6.41. The van der Waals surface area contributed by atoms with E-state index in [0.29, 0.717) is 34.7 Å². The largest absolute Gasteiger partial charge is 0.347 e. The number of nitrogens with one attached hydrogen (secondary N) is 1. The van der Waals surface area contributed by atoms with Gasteiger partial charge in [-0.25, -0.2) is 0 Å². The van der Waals surface area contributed by atoms with E-state index in [4.69, 9.17) is 35.4 Å². The van der Waals surface area contributed by atoms with Gasteiger partial charge in [-0.05, 0) is 69.3 Å². The van der Waals surface area contributed by atoms with E-state index < -0.39 is 0 Å². The molecule has 0 unspecified atom stereocenters. The van der Waals surface area contributed by atoms with E-state index in [1.165, 1.54) is 32.4 Å². The molecule has 1 N–H and O–H groups in total. The highest BCUT2D eigenvalue weighted by Crippen LogP contribution is 2.25. The number of rotatable bonds is 5. The Balaban J connectivity index is 1.46. The SMILES string of the molecule is O=C1CCN(C(=S)Nc2ccc(Cl)c(Cl)c2)CCN1CCCN1CCCCC1. The van der Waals surface area contributed by atoms with Crippen molar-refractivity contribution in [2.75, 3.05) is 51.1 Å². The number of hydrogen-bond acceptors (Lipinski definition) is 3. The summed E-state index contributed by atoms with van der Waals surface area (Å²) < 4.78 is 0. The van der Waals surface area contributed by atoms with E-state index in [1.54, 1.807) is 12.1 Å². The Morgan fingerprint density at radius 1 is 1.00 bits per heavy atom. The standard InChI is InChI=1S/C20H28Cl2N4OS/c21-17-6-5-16(15-18(17)22)23-20(28)26-12-7-19(27)25(13-14-26)11-4-10-24-8-2-1-3-9-24/h5-6,15H,1-4,7-14H2,(H,23,28). The molecule has 1 aromatic rings. The normalized spacial score (nSPS) is 18.9. The summed E-state index contributed by atoms with van der Waals surface area (Å²) in [5, 5.41) is 4.81. The van der Waals surface area contributed by atoms with Crippen molar-refractivity contribution in [3.63, 3.8) is 0 Å². The van der Waals surface area contributed by atoms with Crippen LogP contribution in [0.1, 0.15) is 32.1 Å². The van der Waals surface area contributed by atoms with Crippen LogP contribution in [0.2, 0.25) is 10.0 Å². The van der Waals surface area contributed by atoms with Crippen molar-refractivity contribution < 1.29 is 4.79 Å². The predicted molar refractivity (Wildman–Crippen MR) is 120 cm³/mol. The highest BCUT2D eigenvalue weighted by Gasteiger charge is 2.22. The van der Waals surface area contributed by atoms with Gasteiger partial charge in [-0.1, -0.05) is 29.6 Å². The Hall–Kier alpha value is -1.08. The van der Waals surface area contributed by atoms with Crippen LogP contribution >= 0.6 is 35.4 Å². The van der Waals surface area contributed by atoms with Crippen LogP contribution in [-0.4, -0.2) is 71.5 Å². The lowest BCUT2D eigenvalue weighted by molar-refractivity contribution is -0.130. The molecule has 8 heteroatoms. The van der Waals surface area contributed by atoms with Gasteiger partial charge in [0.05, 0.1) is 10.0 Å². The number of halogens is 2. The molecule has 2 heterocycles. The number of thiocarbonyl (C=S) groups is 1. The highest BCUT2D eigenvalue weighted by atomic mass is 35.5. The molecular weight excluding hydrogens is 415 g/mol. The summed E-state index contributed by atoms with van der Waals surface area (Å²) in [5.74, 6) is 0.221. The zero-order valence-corrected chi connectivity index (χ0v) is 18.5. The predicted octanol–water partition coefficient (Wildman–Crippen LogP) is 4.10. The fourth-order valence-electron chi connectivity index (χ4n) is 3.75. The van der Waals surface area contributed by atoms with E-state index >= 15 is 0 Å². The first-order valence-corrected chi connectivity index (χ1v) is 11.2. The van der Waals surface area contributed by atoms with Crippen molar-refractivity contribution in [3.05, 3.63) is 28.2 Å². The second kappa shape index (κ2) is 10.6. The monoisotopic (exact) mass is 442 g/mol. The summed E-state index contributed by atoms with van der Waals surface area (Å²) in [7, 11) is 0. The third kappa shape index (κ3) is 6.21. The number of anilines is 1. The maximum absolute atomic E-state index is 12.5. The Morgan fingerprint density at radius 2 is 1.79 bits per heavy atom. The van der Waals surface area contributed by atoms with Gasteiger partial charge >= 0.3 is 0 Å². The number of piperidine rings is 1. The second-order valence-corrected chi connectivity index (χ2v) is 8.63. The highest BCUT2D eigenvalue weighted by molar-refractivity contribution is 7.80. The molecule has 2 saturated heterocycles. The first kappa shape index (κ1) is 21.6. The summed E-state index contributed by atoms with van der Waals surface area (Å²) in [6, 6.07) is 5.34. The van der Waals surface area contributed by atoms with Crippen molar-refractivity contribution in [2.24, 2.45) is 0 Å². The Kier molecular flexibility index (Phi) is 8.21. The van der Waals surface area contributed by atoms with Crippen LogP contribution in [0.3, 0.4) is 0 Å². The molecule has 3 rings (SSSR count). The van der Waals surface area contributed by atoms with E-state index in [-0.39, 0.29) is 5.91 Å². The third-order valence-corrected chi connectivity index (χ3v) is 6.50. The quantitative estimate of drug-likeness (QED) is 0.694. The topological polar surface area (TPSA) is 38.8 Å². The molecule has 1 aromatic carbocycles. The van der Waals surface area contributed by atoms with Crippen molar-refractivity contribution in [1.29, 1.82) is 0 Å². The molecule has 0 bridgehead atoms. The van der Waals surface area contributed by atoms with Crippen molar-refractivity contribution in [2.45, 2.75) is 32.1 Å². The van der Waals surface area contributed by atoms with E-state index in [0.717, 1.165) is 31.7 Å². The van der Waals surface area contributed by atoms with Gasteiger partial charge in [0.2, 0.25) is 5.91 Å². The van der Waals surface area contributed by atoms with Crippen molar-refractivity contribution >= 4 is 52.1 Å². The zero-order chi connectivity index (χ0) is 19.9. The fourth-order valence-corrected chi connectivity index (χ4v) is 4.35. The Bertz CT molecular complexity index is 697. The molecule has 0 atom stereocenters. The molecule has 2 fully saturated rings. The summed E-state index contributed by atoms with van der Waals surface area (Å²) in [5.41, 5.74) is 0.799. The molecule has 28 heavy (non-hydrogen) atoms. The fraction of sp³-hybridized carbons (Fsp3) is 0.600. The molecule has 0 aromatic heterocycles. The lowest BCUT2D eigenvalue weighted by atomic mass is 10.1. The molecule has 2 aliphatic heterocycles. The molecule has 5 nitrogen and oxygen atoms in total. The molecule has 0 aliphatic carbocycles. The van der Waals surface area contributed by atoms with Crippen LogP contribution in [0.15, 0.2) is 18.2 Å². The lowest BCUT2D eigenvalue weighted by Crippen LogP contribution is -2.39. The molecule has 0 radical (unpaired) electrons. The molecule has 0 saturated carbocycles. The van der Waals surface area contributed by atoms with E-state index in [2.05, 4.69) is 15.1 Å². The van der Waals surface area contributed by atoms with Crippen molar-refractivity contribution in [3.8, 4) is 0 Å². The molecule has 1 amide bonds. The number of benzene rings is 1. The van der Waals surface area contributed by atoms with E-state index in [1.807, 2.05) is 11.0 Å². The number of hydrogen-bond donors (Lipinski definition) is 1. The second-order valence-electron chi connectivity index (χ2n) is 7.43. The molecule has 2 aliphatic rings. The van der Waals surface area contributed by atoms with Crippen LogP contribution in [0.4, 0.5) is 5.69 Å². The number of nitrogens with zero attached hydrogens (tertiary/aromatic N) is 3. The first-order valence-electron chi connectivity index (χ1n) is 10.0.